The zero-order valence-corrected chi connectivity index (χ0v) is 20.4. The molecule has 0 atom stereocenters. The maximum Gasteiger partial charge on any atom is 0.248 e. The lowest BCUT2D eigenvalue weighted by molar-refractivity contribution is -0.111. The zero-order valence-electron chi connectivity index (χ0n) is 19.6. The largest absolute Gasteiger partial charge is 0.356 e. The van der Waals surface area contributed by atoms with Gasteiger partial charge in [0.15, 0.2) is 0 Å². The molecule has 5 nitrogen and oxygen atoms in total. The molecule has 34 heavy (non-hydrogen) atoms. The Morgan fingerprint density at radius 2 is 1.76 bits per heavy atom. The molecule has 176 valence electrons. The molecule has 2 aromatic carbocycles. The van der Waals surface area contributed by atoms with Crippen molar-refractivity contribution in [3.63, 3.8) is 0 Å². The summed E-state index contributed by atoms with van der Waals surface area (Å²) in [6, 6.07) is 16.2. The molecule has 1 N–H and O–H groups in total. The number of aryl methyl sites for hydroxylation is 1. The molecule has 3 heterocycles. The van der Waals surface area contributed by atoms with E-state index in [0.717, 1.165) is 47.1 Å². The van der Waals surface area contributed by atoms with E-state index in [1.165, 1.54) is 50.4 Å². The van der Waals surface area contributed by atoms with Gasteiger partial charge in [0.05, 0.1) is 5.52 Å². The molecular formula is C28H31ClN4O. The smallest absolute Gasteiger partial charge is 0.248 e. The SMILES string of the molecule is Cc1cc(N2CCC(N3CCCC3)CC2)nc2ccc(NC(=O)C=Cc3ccc(Cl)cc3)cc12. The van der Waals surface area contributed by atoms with Gasteiger partial charge in [0, 0.05) is 41.3 Å². The van der Waals surface area contributed by atoms with Crippen molar-refractivity contribution in [1.82, 2.24) is 9.88 Å². The van der Waals surface area contributed by atoms with Crippen LogP contribution in [0.4, 0.5) is 11.5 Å². The summed E-state index contributed by atoms with van der Waals surface area (Å²) in [5.41, 5.74) is 3.83. The number of carbonyl (C=O) groups excluding carboxylic acids is 1. The summed E-state index contributed by atoms with van der Waals surface area (Å²) >= 11 is 5.91. The summed E-state index contributed by atoms with van der Waals surface area (Å²) in [4.78, 5) is 22.5. The Balaban J connectivity index is 1.25. The number of nitrogens with one attached hydrogen (secondary N) is 1. The third-order valence-electron chi connectivity index (χ3n) is 7.01. The third kappa shape index (κ3) is 5.26. The van der Waals surface area contributed by atoms with Gasteiger partial charge in [-0.15, -0.1) is 0 Å². The van der Waals surface area contributed by atoms with Crippen LogP contribution < -0.4 is 10.2 Å². The molecule has 2 aliphatic rings. The van der Waals surface area contributed by atoms with E-state index in [2.05, 4.69) is 28.1 Å². The molecule has 2 saturated heterocycles. The first-order chi connectivity index (χ1) is 16.5. The van der Waals surface area contributed by atoms with E-state index in [1.807, 2.05) is 42.5 Å². The number of hydrogen-bond donors (Lipinski definition) is 1. The van der Waals surface area contributed by atoms with Crippen LogP contribution in [0.2, 0.25) is 5.02 Å². The number of pyridine rings is 1. The maximum absolute atomic E-state index is 12.4. The number of hydrogen-bond acceptors (Lipinski definition) is 4. The Morgan fingerprint density at radius 1 is 1.03 bits per heavy atom. The van der Waals surface area contributed by atoms with Gasteiger partial charge in [0.2, 0.25) is 5.91 Å². The third-order valence-corrected chi connectivity index (χ3v) is 7.26. The van der Waals surface area contributed by atoms with Crippen LogP contribution in [0.3, 0.4) is 0 Å². The normalized spacial score (nSPS) is 17.6. The Morgan fingerprint density at radius 3 is 2.50 bits per heavy atom. The highest BCUT2D eigenvalue weighted by molar-refractivity contribution is 6.30. The molecule has 2 aliphatic heterocycles. The summed E-state index contributed by atoms with van der Waals surface area (Å²) in [6.07, 6.45) is 8.45. The van der Waals surface area contributed by atoms with Crippen molar-refractivity contribution < 1.29 is 4.79 Å². The van der Waals surface area contributed by atoms with Gasteiger partial charge < -0.3 is 15.1 Å². The monoisotopic (exact) mass is 474 g/mol. The first-order valence-electron chi connectivity index (χ1n) is 12.2. The van der Waals surface area contributed by atoms with E-state index in [-0.39, 0.29) is 5.91 Å². The zero-order chi connectivity index (χ0) is 23.5. The minimum absolute atomic E-state index is 0.169. The number of carbonyl (C=O) groups is 1. The van der Waals surface area contributed by atoms with Crippen molar-refractivity contribution in [2.45, 2.75) is 38.6 Å². The second-order valence-corrected chi connectivity index (χ2v) is 9.80. The van der Waals surface area contributed by atoms with Crippen molar-refractivity contribution >= 4 is 46.0 Å². The number of piperidine rings is 1. The number of rotatable bonds is 5. The number of benzene rings is 2. The Kier molecular flexibility index (Phi) is 6.84. The quantitative estimate of drug-likeness (QED) is 0.467. The summed E-state index contributed by atoms with van der Waals surface area (Å²) in [7, 11) is 0. The highest BCUT2D eigenvalue weighted by Gasteiger charge is 2.27. The summed E-state index contributed by atoms with van der Waals surface area (Å²) in [5, 5.41) is 4.70. The van der Waals surface area contributed by atoms with Gasteiger partial charge in [0.1, 0.15) is 5.82 Å². The fourth-order valence-corrected chi connectivity index (χ4v) is 5.24. The minimum atomic E-state index is -0.169. The standard InChI is InChI=1S/C28H31ClN4O/c1-20-18-27(33-16-12-24(13-17-33)32-14-2-3-15-32)31-26-10-9-23(19-25(20)26)30-28(34)11-6-21-4-7-22(29)8-5-21/h4-11,18-19,24H,2-3,12-17H2,1H3,(H,30,34). The van der Waals surface area contributed by atoms with E-state index in [1.54, 1.807) is 6.08 Å². The molecule has 1 aromatic heterocycles. The van der Waals surface area contributed by atoms with Crippen molar-refractivity contribution in [2.24, 2.45) is 0 Å². The van der Waals surface area contributed by atoms with E-state index >= 15 is 0 Å². The van der Waals surface area contributed by atoms with Gasteiger partial charge >= 0.3 is 0 Å². The van der Waals surface area contributed by atoms with Gasteiger partial charge in [-0.2, -0.15) is 0 Å². The van der Waals surface area contributed by atoms with Crippen molar-refractivity contribution in [3.05, 3.63) is 70.8 Å². The van der Waals surface area contributed by atoms with Gasteiger partial charge in [-0.1, -0.05) is 23.7 Å². The number of anilines is 2. The average Bonchev–Trinajstić information content (AvgIpc) is 3.39. The fraction of sp³-hybridized carbons (Fsp3) is 0.357. The van der Waals surface area contributed by atoms with Crippen LogP contribution in [0.15, 0.2) is 54.6 Å². The topological polar surface area (TPSA) is 48.5 Å². The molecule has 0 unspecified atom stereocenters. The lowest BCUT2D eigenvalue weighted by atomic mass is 10.0. The molecule has 1 amide bonds. The van der Waals surface area contributed by atoms with Crippen LogP contribution in [0.5, 0.6) is 0 Å². The Hall–Kier alpha value is -2.89. The van der Waals surface area contributed by atoms with Crippen LogP contribution in [0.1, 0.15) is 36.8 Å². The number of aromatic nitrogens is 1. The lowest BCUT2D eigenvalue weighted by Gasteiger charge is -2.37. The summed E-state index contributed by atoms with van der Waals surface area (Å²) in [6.45, 7) is 6.79. The molecule has 0 saturated carbocycles. The average molecular weight is 475 g/mol. The van der Waals surface area contributed by atoms with Crippen LogP contribution in [0, 0.1) is 6.92 Å². The lowest BCUT2D eigenvalue weighted by Crippen LogP contribution is -2.44. The van der Waals surface area contributed by atoms with Crippen LogP contribution >= 0.6 is 11.6 Å². The Bertz CT molecular complexity index is 1190. The van der Waals surface area contributed by atoms with Crippen LogP contribution in [-0.4, -0.2) is 48.0 Å². The number of fused-ring (bicyclic) bond motifs is 1. The first kappa shape index (κ1) is 22.9. The van der Waals surface area contributed by atoms with Gasteiger partial charge in [-0.25, -0.2) is 4.98 Å². The second-order valence-electron chi connectivity index (χ2n) is 9.36. The predicted molar refractivity (Wildman–Crippen MR) is 142 cm³/mol. The highest BCUT2D eigenvalue weighted by Crippen LogP contribution is 2.28. The van der Waals surface area contributed by atoms with Crippen molar-refractivity contribution in [3.8, 4) is 0 Å². The number of amides is 1. The van der Waals surface area contributed by atoms with E-state index in [0.29, 0.717) is 5.02 Å². The van der Waals surface area contributed by atoms with Crippen LogP contribution in [0.25, 0.3) is 17.0 Å². The van der Waals surface area contributed by atoms with Crippen molar-refractivity contribution in [2.75, 3.05) is 36.4 Å². The second kappa shape index (κ2) is 10.2. The predicted octanol–water partition coefficient (Wildman–Crippen LogP) is 5.91. The molecule has 6 heteroatoms. The van der Waals surface area contributed by atoms with E-state index < -0.39 is 0 Å². The van der Waals surface area contributed by atoms with E-state index in [9.17, 15) is 4.79 Å². The first-order valence-corrected chi connectivity index (χ1v) is 12.6. The molecule has 0 spiro atoms. The fourth-order valence-electron chi connectivity index (χ4n) is 5.11. The van der Waals surface area contributed by atoms with Crippen LogP contribution in [-0.2, 0) is 4.79 Å². The molecule has 3 aromatic rings. The van der Waals surface area contributed by atoms with Gasteiger partial charge in [0.25, 0.3) is 0 Å². The molecule has 0 radical (unpaired) electrons. The Labute approximate surface area is 206 Å². The summed E-state index contributed by atoms with van der Waals surface area (Å²) < 4.78 is 0. The molecule has 0 aliphatic carbocycles. The van der Waals surface area contributed by atoms with Gasteiger partial charge in [-0.05, 0) is 99.3 Å². The van der Waals surface area contributed by atoms with Gasteiger partial charge in [-0.3, -0.25) is 4.79 Å². The van der Waals surface area contributed by atoms with E-state index in [4.69, 9.17) is 16.6 Å². The summed E-state index contributed by atoms with van der Waals surface area (Å²) in [5.74, 6) is 0.893. The molecule has 5 rings (SSSR count). The highest BCUT2D eigenvalue weighted by atomic mass is 35.5. The number of likely N-dealkylation sites (tertiary alicyclic amines) is 1. The molecule has 0 bridgehead atoms. The number of halogens is 1. The molecular weight excluding hydrogens is 444 g/mol. The maximum atomic E-state index is 12.4. The minimum Gasteiger partial charge on any atom is -0.356 e. The van der Waals surface area contributed by atoms with Crippen molar-refractivity contribution in [1.29, 1.82) is 0 Å². The molecule has 2 fully saturated rings. The number of nitrogens with zero attached hydrogens (tertiary/aromatic N) is 3.